The van der Waals surface area contributed by atoms with E-state index in [1.165, 1.54) is 0 Å². The van der Waals surface area contributed by atoms with Crippen LogP contribution in [0.5, 0.6) is 0 Å². The fourth-order valence-electron chi connectivity index (χ4n) is 1.79. The molecule has 2 rings (SSSR count). The topological polar surface area (TPSA) is 54.5 Å². The molecule has 0 saturated heterocycles. The molecule has 18 heavy (non-hydrogen) atoms. The van der Waals surface area contributed by atoms with Gasteiger partial charge in [-0.25, -0.2) is 4.68 Å². The average Bonchev–Trinajstić information content (AvgIpc) is 2.76. The summed E-state index contributed by atoms with van der Waals surface area (Å²) in [6, 6.07) is 7.74. The number of nitrogens with zero attached hydrogens (tertiary/aromatic N) is 4. The van der Waals surface area contributed by atoms with Crippen molar-refractivity contribution in [3.8, 4) is 11.8 Å². The molecule has 0 amide bonds. The van der Waals surface area contributed by atoms with Crippen LogP contribution in [-0.2, 0) is 0 Å². The minimum atomic E-state index is 0.162. The second-order valence-electron chi connectivity index (χ2n) is 4.44. The Morgan fingerprint density at radius 1 is 1.39 bits per heavy atom. The number of nitriles is 1. The van der Waals surface area contributed by atoms with Gasteiger partial charge in [-0.3, -0.25) is 0 Å². The van der Waals surface area contributed by atoms with Crippen LogP contribution in [0.3, 0.4) is 0 Å². The molecule has 1 heterocycles. The van der Waals surface area contributed by atoms with Crippen molar-refractivity contribution in [3.05, 3.63) is 40.2 Å². The van der Waals surface area contributed by atoms with Crippen molar-refractivity contribution in [1.29, 1.82) is 5.26 Å². The molecular formula is C13H13ClN4. The average molecular weight is 261 g/mol. The lowest BCUT2D eigenvalue weighted by Gasteiger charge is -2.10. The molecule has 1 aromatic carbocycles. The lowest BCUT2D eigenvalue weighted by atomic mass is 10.1. The van der Waals surface area contributed by atoms with E-state index in [0.29, 0.717) is 10.7 Å². The van der Waals surface area contributed by atoms with Gasteiger partial charge in [0, 0.05) is 5.02 Å². The van der Waals surface area contributed by atoms with Gasteiger partial charge in [0.05, 0.1) is 11.4 Å². The Balaban J connectivity index is 2.61. The Labute approximate surface area is 111 Å². The van der Waals surface area contributed by atoms with E-state index >= 15 is 0 Å². The lowest BCUT2D eigenvalue weighted by molar-refractivity contribution is 0.715. The van der Waals surface area contributed by atoms with E-state index in [4.69, 9.17) is 16.9 Å². The summed E-state index contributed by atoms with van der Waals surface area (Å²) in [7, 11) is 0. The summed E-state index contributed by atoms with van der Waals surface area (Å²) in [6.45, 7) is 5.95. The third kappa shape index (κ3) is 2.09. The SMILES string of the molecule is Cc1ccc(-n2nnc(C#N)c2C(C)C)cc1Cl. The number of aryl methyl sites for hydroxylation is 1. The van der Waals surface area contributed by atoms with Gasteiger partial charge in [-0.15, -0.1) is 5.10 Å². The minimum Gasteiger partial charge on any atom is -0.216 e. The number of halogens is 1. The molecule has 0 radical (unpaired) electrons. The van der Waals surface area contributed by atoms with Crippen molar-refractivity contribution < 1.29 is 0 Å². The Morgan fingerprint density at radius 2 is 2.11 bits per heavy atom. The molecule has 0 unspecified atom stereocenters. The quantitative estimate of drug-likeness (QED) is 0.833. The van der Waals surface area contributed by atoms with Gasteiger partial charge >= 0.3 is 0 Å². The maximum Gasteiger partial charge on any atom is 0.186 e. The second kappa shape index (κ2) is 4.79. The van der Waals surface area contributed by atoms with E-state index in [1.807, 2.05) is 39.0 Å². The molecule has 2 aromatic rings. The molecule has 1 aromatic heterocycles. The highest BCUT2D eigenvalue weighted by atomic mass is 35.5. The van der Waals surface area contributed by atoms with Crippen LogP contribution in [-0.4, -0.2) is 15.0 Å². The molecule has 0 atom stereocenters. The molecule has 0 fully saturated rings. The maximum absolute atomic E-state index is 9.03. The number of hydrogen-bond donors (Lipinski definition) is 0. The molecule has 92 valence electrons. The third-order valence-corrected chi connectivity index (χ3v) is 3.16. The Hall–Kier alpha value is -1.86. The van der Waals surface area contributed by atoms with Crippen molar-refractivity contribution in [2.75, 3.05) is 0 Å². The molecule has 0 aliphatic rings. The van der Waals surface area contributed by atoms with E-state index in [-0.39, 0.29) is 5.92 Å². The zero-order chi connectivity index (χ0) is 13.3. The van der Waals surface area contributed by atoms with Crippen LogP contribution in [0.4, 0.5) is 0 Å². The monoisotopic (exact) mass is 260 g/mol. The molecule has 0 aliphatic carbocycles. The van der Waals surface area contributed by atoms with Gasteiger partial charge in [-0.1, -0.05) is 36.7 Å². The zero-order valence-corrected chi connectivity index (χ0v) is 11.2. The fraction of sp³-hybridized carbons (Fsp3) is 0.308. The Morgan fingerprint density at radius 3 is 2.67 bits per heavy atom. The van der Waals surface area contributed by atoms with Crippen LogP contribution in [0.25, 0.3) is 5.69 Å². The highest BCUT2D eigenvalue weighted by Crippen LogP contribution is 2.24. The van der Waals surface area contributed by atoms with Crippen molar-refractivity contribution in [1.82, 2.24) is 15.0 Å². The number of aromatic nitrogens is 3. The normalized spacial score (nSPS) is 10.7. The summed E-state index contributed by atoms with van der Waals surface area (Å²) in [5.41, 5.74) is 2.99. The summed E-state index contributed by atoms with van der Waals surface area (Å²) >= 11 is 6.11. The molecular weight excluding hydrogens is 248 g/mol. The summed E-state index contributed by atoms with van der Waals surface area (Å²) < 4.78 is 1.68. The fourth-order valence-corrected chi connectivity index (χ4v) is 1.97. The Kier molecular flexibility index (Phi) is 3.35. The summed E-state index contributed by atoms with van der Waals surface area (Å²) in [5.74, 6) is 0.162. The number of rotatable bonds is 2. The van der Waals surface area contributed by atoms with Gasteiger partial charge in [0.15, 0.2) is 5.69 Å². The molecule has 0 spiro atoms. The predicted molar refractivity (Wildman–Crippen MR) is 69.9 cm³/mol. The minimum absolute atomic E-state index is 0.162. The molecule has 0 saturated carbocycles. The zero-order valence-electron chi connectivity index (χ0n) is 10.5. The molecule has 0 bridgehead atoms. The van der Waals surface area contributed by atoms with E-state index in [9.17, 15) is 0 Å². The molecule has 0 aliphatic heterocycles. The Bertz CT molecular complexity index is 622. The first-order valence-corrected chi connectivity index (χ1v) is 6.04. The number of benzene rings is 1. The van der Waals surface area contributed by atoms with E-state index in [0.717, 1.165) is 16.9 Å². The first kappa shape index (κ1) is 12.6. The van der Waals surface area contributed by atoms with E-state index in [2.05, 4.69) is 16.4 Å². The number of hydrogen-bond acceptors (Lipinski definition) is 3. The lowest BCUT2D eigenvalue weighted by Crippen LogP contribution is -2.05. The van der Waals surface area contributed by atoms with Gasteiger partial charge in [0.25, 0.3) is 0 Å². The summed E-state index contributed by atoms with van der Waals surface area (Å²) in [5, 5.41) is 17.6. The summed E-state index contributed by atoms with van der Waals surface area (Å²) in [4.78, 5) is 0. The van der Waals surface area contributed by atoms with Gasteiger partial charge in [-0.05, 0) is 30.5 Å². The second-order valence-corrected chi connectivity index (χ2v) is 4.84. The first-order chi connectivity index (χ1) is 8.54. The van der Waals surface area contributed by atoms with Crippen LogP contribution < -0.4 is 0 Å². The van der Waals surface area contributed by atoms with Crippen molar-refractivity contribution in [2.45, 2.75) is 26.7 Å². The van der Waals surface area contributed by atoms with Gasteiger partial charge in [0.1, 0.15) is 6.07 Å². The van der Waals surface area contributed by atoms with Crippen molar-refractivity contribution in [2.24, 2.45) is 0 Å². The van der Waals surface area contributed by atoms with E-state index < -0.39 is 0 Å². The van der Waals surface area contributed by atoms with Crippen LogP contribution >= 0.6 is 11.6 Å². The van der Waals surface area contributed by atoms with E-state index in [1.54, 1.807) is 4.68 Å². The highest BCUT2D eigenvalue weighted by molar-refractivity contribution is 6.31. The summed E-state index contributed by atoms with van der Waals surface area (Å²) in [6.07, 6.45) is 0. The van der Waals surface area contributed by atoms with Crippen molar-refractivity contribution in [3.63, 3.8) is 0 Å². The van der Waals surface area contributed by atoms with Crippen LogP contribution in [0.15, 0.2) is 18.2 Å². The third-order valence-electron chi connectivity index (χ3n) is 2.76. The smallest absolute Gasteiger partial charge is 0.186 e. The maximum atomic E-state index is 9.03. The highest BCUT2D eigenvalue weighted by Gasteiger charge is 2.17. The first-order valence-electron chi connectivity index (χ1n) is 5.66. The molecule has 4 nitrogen and oxygen atoms in total. The standard InChI is InChI=1S/C13H13ClN4/c1-8(2)13-12(7-15)16-17-18(13)10-5-4-9(3)11(14)6-10/h4-6,8H,1-3H3. The van der Waals surface area contributed by atoms with Crippen LogP contribution in [0.2, 0.25) is 5.02 Å². The van der Waals surface area contributed by atoms with Gasteiger partial charge < -0.3 is 0 Å². The molecule has 5 heteroatoms. The van der Waals surface area contributed by atoms with Crippen LogP contribution in [0, 0.1) is 18.3 Å². The van der Waals surface area contributed by atoms with Crippen LogP contribution in [0.1, 0.15) is 36.7 Å². The predicted octanol–water partition coefficient (Wildman–Crippen LogP) is 3.22. The molecule has 0 N–H and O–H groups in total. The van der Waals surface area contributed by atoms with Gasteiger partial charge in [0.2, 0.25) is 0 Å². The largest absolute Gasteiger partial charge is 0.216 e. The van der Waals surface area contributed by atoms with Gasteiger partial charge in [-0.2, -0.15) is 5.26 Å². The van der Waals surface area contributed by atoms with Crippen molar-refractivity contribution >= 4 is 11.6 Å².